The minimum atomic E-state index is -4.29. The fraction of sp³-hybridized carbons (Fsp3) is 0. The molecule has 0 atom stereocenters. The summed E-state index contributed by atoms with van der Waals surface area (Å²) in [7, 11) is 3.66. The summed E-state index contributed by atoms with van der Waals surface area (Å²) >= 11 is -4.29. The molecule has 0 aliphatic rings. The molecule has 0 rings (SSSR count). The van der Waals surface area contributed by atoms with Gasteiger partial charge in [0, 0.05) is 0 Å². The molecule has 18 N–H and O–H groups in total. The van der Waals surface area contributed by atoms with Crippen molar-refractivity contribution in [2.24, 2.45) is 0 Å². The molecule has 0 saturated carbocycles. The van der Waals surface area contributed by atoms with Gasteiger partial charge in [0.2, 0.25) is 0 Å². The van der Waals surface area contributed by atoms with Gasteiger partial charge >= 0.3 is 87.0 Å². The van der Waals surface area contributed by atoms with Gasteiger partial charge in [-0.1, -0.05) is 0 Å². The fourth-order valence-electron chi connectivity index (χ4n) is 0. The minimum absolute atomic E-state index is 0. The van der Waals surface area contributed by atoms with Crippen LogP contribution in [-0.2, 0) is 0 Å². The SMILES string of the molecule is N.N.N.N.N.O[As](O)(O)=S.[H-].[K+]. The third kappa shape index (κ3) is 281. The van der Waals surface area contributed by atoms with E-state index < -0.39 is 12.9 Å². The molecule has 11 heteroatoms. The number of hydrogen-bond acceptors (Lipinski definition) is 6. The third-order valence-corrected chi connectivity index (χ3v) is 0. The predicted molar refractivity (Wildman–Crippen MR) is 46.2 cm³/mol. The van der Waals surface area contributed by atoms with E-state index in [0.29, 0.717) is 0 Å². The molecule has 0 saturated heterocycles. The molecule has 0 bridgehead atoms. The molecule has 11 heavy (non-hydrogen) atoms. The average Bonchev–Trinajstić information content (AvgIpc) is 0.722. The zero-order chi connectivity index (χ0) is 4.50. The quantitative estimate of drug-likeness (QED) is 0.206. The van der Waals surface area contributed by atoms with Crippen molar-refractivity contribution in [2.45, 2.75) is 0 Å². The van der Waals surface area contributed by atoms with E-state index in [9.17, 15) is 0 Å². The maximum atomic E-state index is 7.62. The number of hydrogen-bond donors (Lipinski definition) is 8. The maximum absolute atomic E-state index is 7.62. The van der Waals surface area contributed by atoms with Crippen LogP contribution in [0.25, 0.3) is 0 Å². The molecule has 0 aliphatic heterocycles. The zero-order valence-electron chi connectivity index (χ0n) is 7.73. The van der Waals surface area contributed by atoms with Crippen LogP contribution in [0.3, 0.4) is 0 Å². The van der Waals surface area contributed by atoms with E-state index in [1.54, 1.807) is 0 Å². The number of rotatable bonds is 0. The Labute approximate surface area is 117 Å². The van der Waals surface area contributed by atoms with Crippen LogP contribution in [0.5, 0.6) is 0 Å². The topological polar surface area (TPSA) is 236 Å². The normalized spacial score (nSPS) is 5.36. The van der Waals surface area contributed by atoms with Crippen LogP contribution in [0.4, 0.5) is 0 Å². The molecular formula is H19AsKN5O3S. The molecule has 74 valence electrons. The van der Waals surface area contributed by atoms with Gasteiger partial charge in [-0.05, 0) is 0 Å². The van der Waals surface area contributed by atoms with E-state index in [1.807, 2.05) is 0 Å². The van der Waals surface area contributed by atoms with Gasteiger partial charge in [-0.3, -0.25) is 0 Å². The zero-order valence-corrected chi connectivity index (χ0v) is 12.5. The largest absolute Gasteiger partial charge is 1.00 e. The smallest absolute Gasteiger partial charge is 1.00 e. The first kappa shape index (κ1) is 51.6. The van der Waals surface area contributed by atoms with E-state index in [2.05, 4.69) is 10.4 Å². The first-order valence-electron chi connectivity index (χ1n) is 0.783. The summed E-state index contributed by atoms with van der Waals surface area (Å²) in [6.45, 7) is 0. The molecule has 0 aromatic carbocycles. The minimum Gasteiger partial charge on any atom is -1.00 e. The summed E-state index contributed by atoms with van der Waals surface area (Å²) in [5, 5.41) is 0. The molecule has 0 heterocycles. The van der Waals surface area contributed by atoms with Crippen LogP contribution < -0.4 is 82.1 Å². The Morgan fingerprint density at radius 1 is 0.818 bits per heavy atom. The Balaban J connectivity index is -0.00000000381. The predicted octanol–water partition coefficient (Wildman–Crippen LogP) is -3.48. The van der Waals surface area contributed by atoms with E-state index >= 15 is 0 Å². The molecule has 0 aromatic heterocycles. The van der Waals surface area contributed by atoms with Gasteiger partial charge < -0.3 is 32.2 Å². The summed E-state index contributed by atoms with van der Waals surface area (Å²) < 4.78 is 22.9. The molecule has 0 aromatic rings. The van der Waals surface area contributed by atoms with E-state index in [4.69, 9.17) is 12.3 Å². The van der Waals surface area contributed by atoms with Crippen LogP contribution >= 0.6 is 10.4 Å². The first-order chi connectivity index (χ1) is 2.00. The van der Waals surface area contributed by atoms with Crippen molar-refractivity contribution in [3.05, 3.63) is 0 Å². The third-order valence-electron chi connectivity index (χ3n) is 0. The second-order valence-electron chi connectivity index (χ2n) is 0.513. The molecule has 0 aliphatic carbocycles. The Kier molecular flexibility index (Phi) is 107. The van der Waals surface area contributed by atoms with Crippen molar-refractivity contribution in [1.29, 1.82) is 0 Å². The Morgan fingerprint density at radius 3 is 0.818 bits per heavy atom. The Bertz CT molecular complexity index is 72.8. The second kappa shape index (κ2) is 22.7. The molecule has 0 unspecified atom stereocenters. The monoisotopic (exact) mass is 283 g/mol. The van der Waals surface area contributed by atoms with Gasteiger partial charge in [-0.25, -0.2) is 0 Å². The summed E-state index contributed by atoms with van der Waals surface area (Å²) in [5.74, 6) is 0. The summed E-state index contributed by atoms with van der Waals surface area (Å²) in [6.07, 6.45) is 0. The van der Waals surface area contributed by atoms with Gasteiger partial charge in [-0.15, -0.1) is 0 Å². The van der Waals surface area contributed by atoms with Gasteiger partial charge in [0.15, 0.2) is 0 Å². The van der Waals surface area contributed by atoms with Crippen molar-refractivity contribution < 1.29 is 65.1 Å². The molecule has 0 amide bonds. The molecule has 0 fully saturated rings. The summed E-state index contributed by atoms with van der Waals surface area (Å²) in [5.41, 5.74) is 0. The van der Waals surface area contributed by atoms with Gasteiger partial charge in [-0.2, -0.15) is 0 Å². The van der Waals surface area contributed by atoms with Crippen molar-refractivity contribution in [1.82, 2.24) is 30.8 Å². The van der Waals surface area contributed by atoms with E-state index in [0.717, 1.165) is 0 Å². The van der Waals surface area contributed by atoms with E-state index in [-0.39, 0.29) is 83.6 Å². The molecule has 8 nitrogen and oxygen atoms in total. The van der Waals surface area contributed by atoms with Crippen LogP contribution in [0.15, 0.2) is 0 Å². The van der Waals surface area contributed by atoms with Crippen molar-refractivity contribution in [3.63, 3.8) is 0 Å². The fourth-order valence-corrected chi connectivity index (χ4v) is 0. The van der Waals surface area contributed by atoms with Gasteiger partial charge in [0.25, 0.3) is 0 Å². The molecule has 0 spiro atoms. The van der Waals surface area contributed by atoms with Crippen LogP contribution in [-0.4, -0.2) is 25.2 Å². The maximum Gasteiger partial charge on any atom is 1.00 e. The first-order valence-corrected chi connectivity index (χ1v) is 5.96. The van der Waals surface area contributed by atoms with E-state index in [1.165, 1.54) is 0 Å². The standard InChI is InChI=1S/AsH3O3S.K.5H3N.H/c2-1(3,4)5;;;;;;;/h(H3,2,3,4,5);;5*1H3;/q;+1;;;;;;-1. The summed E-state index contributed by atoms with van der Waals surface area (Å²) in [6, 6.07) is 0. The van der Waals surface area contributed by atoms with Crippen LogP contribution in [0, 0.1) is 0 Å². The van der Waals surface area contributed by atoms with Crippen molar-refractivity contribution in [3.8, 4) is 0 Å². The van der Waals surface area contributed by atoms with Gasteiger partial charge in [0.05, 0.1) is 0 Å². The molecular weight excluding hydrogens is 264 g/mol. The second-order valence-corrected chi connectivity index (χ2v) is 5.21. The van der Waals surface area contributed by atoms with Crippen LogP contribution in [0.2, 0.25) is 0 Å². The van der Waals surface area contributed by atoms with Gasteiger partial charge in [0.1, 0.15) is 0 Å². The Hall–Kier alpha value is 2.09. The van der Waals surface area contributed by atoms with Crippen molar-refractivity contribution in [2.75, 3.05) is 0 Å². The van der Waals surface area contributed by atoms with Crippen molar-refractivity contribution >= 4 is 23.3 Å². The average molecular weight is 283 g/mol. The summed E-state index contributed by atoms with van der Waals surface area (Å²) in [4.78, 5) is 0. The molecule has 0 radical (unpaired) electrons. The Morgan fingerprint density at radius 2 is 0.818 bits per heavy atom. The van der Waals surface area contributed by atoms with Crippen LogP contribution in [0.1, 0.15) is 1.43 Å².